The molecule has 0 radical (unpaired) electrons. The zero-order chi connectivity index (χ0) is 16.7. The number of benzene rings is 1. The number of hydrazine groups is 1. The summed E-state index contributed by atoms with van der Waals surface area (Å²) in [5.41, 5.74) is 4.79. The van der Waals surface area contributed by atoms with Gasteiger partial charge >= 0.3 is 0 Å². The fraction of sp³-hybridized carbons (Fsp3) is 0.438. The summed E-state index contributed by atoms with van der Waals surface area (Å²) in [7, 11) is 0. The molecule has 1 aromatic carbocycles. The summed E-state index contributed by atoms with van der Waals surface area (Å²) >= 11 is 5.89. The van der Waals surface area contributed by atoms with Gasteiger partial charge in [-0.15, -0.1) is 0 Å². The largest absolute Gasteiger partial charge is 0.347 e. The van der Waals surface area contributed by atoms with E-state index in [0.29, 0.717) is 5.02 Å². The van der Waals surface area contributed by atoms with Gasteiger partial charge < -0.3 is 5.32 Å². The molecule has 0 atom stereocenters. The number of carbonyl (C=O) groups is 3. The highest BCUT2D eigenvalue weighted by molar-refractivity contribution is 6.33. The summed E-state index contributed by atoms with van der Waals surface area (Å²) < 4.78 is 0. The van der Waals surface area contributed by atoms with Gasteiger partial charge in [0.05, 0.1) is 17.1 Å². The van der Waals surface area contributed by atoms with Crippen molar-refractivity contribution in [1.29, 1.82) is 0 Å². The van der Waals surface area contributed by atoms with Crippen LogP contribution in [0.5, 0.6) is 0 Å². The van der Waals surface area contributed by atoms with E-state index in [1.807, 2.05) is 0 Å². The van der Waals surface area contributed by atoms with Crippen LogP contribution < -0.4 is 16.2 Å². The number of amides is 3. The van der Waals surface area contributed by atoms with Gasteiger partial charge in [-0.3, -0.25) is 25.2 Å². The first-order valence-electron chi connectivity index (χ1n) is 7.69. The van der Waals surface area contributed by atoms with E-state index < -0.39 is 11.8 Å². The van der Waals surface area contributed by atoms with Gasteiger partial charge in [0.25, 0.3) is 11.8 Å². The lowest BCUT2D eigenvalue weighted by atomic mass is 9.89. The van der Waals surface area contributed by atoms with Gasteiger partial charge in [-0.1, -0.05) is 43.0 Å². The van der Waals surface area contributed by atoms with Gasteiger partial charge in [0.1, 0.15) is 0 Å². The predicted octanol–water partition coefficient (Wildman–Crippen LogP) is 1.80. The van der Waals surface area contributed by atoms with E-state index in [9.17, 15) is 14.4 Å². The molecule has 0 aromatic heterocycles. The Hall–Kier alpha value is -2.08. The van der Waals surface area contributed by atoms with Crippen molar-refractivity contribution in [2.75, 3.05) is 6.54 Å². The van der Waals surface area contributed by atoms with Crippen molar-refractivity contribution >= 4 is 29.3 Å². The van der Waals surface area contributed by atoms with E-state index >= 15 is 0 Å². The summed E-state index contributed by atoms with van der Waals surface area (Å²) in [5, 5.41) is 2.89. The molecule has 7 heteroatoms. The second-order valence-corrected chi connectivity index (χ2v) is 5.94. The number of hydrogen-bond donors (Lipinski definition) is 3. The smallest absolute Gasteiger partial charge is 0.271 e. The number of nitrogens with one attached hydrogen (secondary N) is 3. The molecule has 0 saturated heterocycles. The normalized spacial score (nSPS) is 14.8. The van der Waals surface area contributed by atoms with Crippen LogP contribution >= 0.6 is 11.6 Å². The molecule has 0 unspecified atom stereocenters. The van der Waals surface area contributed by atoms with Crippen molar-refractivity contribution in [2.24, 2.45) is 5.92 Å². The fourth-order valence-electron chi connectivity index (χ4n) is 2.56. The second-order valence-electron chi connectivity index (χ2n) is 5.53. The van der Waals surface area contributed by atoms with Crippen molar-refractivity contribution in [1.82, 2.24) is 16.2 Å². The lowest BCUT2D eigenvalue weighted by Crippen LogP contribution is -2.47. The molecule has 1 aromatic rings. The average Bonchev–Trinajstić information content (AvgIpc) is 2.58. The lowest BCUT2D eigenvalue weighted by molar-refractivity contribution is -0.129. The zero-order valence-electron chi connectivity index (χ0n) is 12.7. The molecule has 1 fully saturated rings. The molecule has 1 saturated carbocycles. The monoisotopic (exact) mass is 337 g/mol. The minimum atomic E-state index is -0.512. The minimum Gasteiger partial charge on any atom is -0.347 e. The highest BCUT2D eigenvalue weighted by atomic mass is 35.5. The van der Waals surface area contributed by atoms with Gasteiger partial charge in [-0.25, -0.2) is 0 Å². The summed E-state index contributed by atoms with van der Waals surface area (Å²) in [6.45, 7) is -0.169. The van der Waals surface area contributed by atoms with Crippen LogP contribution in [0.4, 0.5) is 0 Å². The Bertz CT molecular complexity index is 586. The molecule has 3 amide bonds. The van der Waals surface area contributed by atoms with Crippen molar-refractivity contribution in [3.8, 4) is 0 Å². The summed E-state index contributed by atoms with van der Waals surface area (Å²) in [4.78, 5) is 35.4. The van der Waals surface area contributed by atoms with E-state index in [2.05, 4.69) is 16.2 Å². The molecule has 0 aliphatic heterocycles. The molecular weight excluding hydrogens is 318 g/mol. The summed E-state index contributed by atoms with van der Waals surface area (Å²) in [5.74, 6) is -1.11. The number of carbonyl (C=O) groups excluding carboxylic acids is 3. The third-order valence-corrected chi connectivity index (χ3v) is 4.16. The van der Waals surface area contributed by atoms with Crippen molar-refractivity contribution < 1.29 is 14.4 Å². The number of halogens is 1. The quantitative estimate of drug-likeness (QED) is 0.732. The van der Waals surface area contributed by atoms with Crippen LogP contribution in [0.25, 0.3) is 0 Å². The zero-order valence-corrected chi connectivity index (χ0v) is 13.5. The standard InChI is InChI=1S/C16H20ClN3O3/c17-13-9-5-4-8-12(13)16(23)20-19-14(21)10-18-15(22)11-6-2-1-3-7-11/h4-5,8-9,11H,1-3,6-7,10H2,(H,18,22)(H,19,21)(H,20,23). The Morgan fingerprint density at radius 2 is 1.74 bits per heavy atom. The van der Waals surface area contributed by atoms with E-state index in [-0.39, 0.29) is 23.9 Å². The Morgan fingerprint density at radius 1 is 1.04 bits per heavy atom. The van der Waals surface area contributed by atoms with Crippen molar-refractivity contribution in [2.45, 2.75) is 32.1 Å². The molecule has 23 heavy (non-hydrogen) atoms. The highest BCUT2D eigenvalue weighted by Crippen LogP contribution is 2.23. The maximum Gasteiger partial charge on any atom is 0.271 e. The Labute approximate surface area is 139 Å². The number of hydrogen-bond acceptors (Lipinski definition) is 3. The first-order chi connectivity index (χ1) is 11.1. The maximum absolute atomic E-state index is 11.9. The molecular formula is C16H20ClN3O3. The van der Waals surface area contributed by atoms with Crippen LogP contribution in [-0.2, 0) is 9.59 Å². The molecule has 1 aliphatic carbocycles. The van der Waals surface area contributed by atoms with Crippen molar-refractivity contribution in [3.05, 3.63) is 34.9 Å². The second kappa shape index (κ2) is 8.53. The molecule has 6 nitrogen and oxygen atoms in total. The first kappa shape index (κ1) is 17.3. The van der Waals surface area contributed by atoms with E-state index in [4.69, 9.17) is 11.6 Å². The van der Waals surface area contributed by atoms with Gasteiger partial charge in [0.15, 0.2) is 0 Å². The van der Waals surface area contributed by atoms with Crippen LogP contribution in [0.1, 0.15) is 42.5 Å². The van der Waals surface area contributed by atoms with Gasteiger partial charge in [-0.05, 0) is 25.0 Å². The maximum atomic E-state index is 11.9. The van der Waals surface area contributed by atoms with Crippen molar-refractivity contribution in [3.63, 3.8) is 0 Å². The molecule has 124 valence electrons. The van der Waals surface area contributed by atoms with E-state index in [0.717, 1.165) is 25.7 Å². The minimum absolute atomic E-state index is 0.00531. The number of rotatable bonds is 4. The summed E-state index contributed by atoms with van der Waals surface area (Å²) in [6, 6.07) is 6.52. The van der Waals surface area contributed by atoms with Gasteiger partial charge in [0, 0.05) is 5.92 Å². The SMILES string of the molecule is O=C(CNC(=O)C1CCCCC1)NNC(=O)c1ccccc1Cl. The molecule has 0 spiro atoms. The van der Waals surface area contributed by atoms with Gasteiger partial charge in [0.2, 0.25) is 5.91 Å². The van der Waals surface area contributed by atoms with E-state index in [1.54, 1.807) is 24.3 Å². The van der Waals surface area contributed by atoms with Crippen LogP contribution in [0.2, 0.25) is 5.02 Å². The molecule has 3 N–H and O–H groups in total. The predicted molar refractivity (Wildman–Crippen MR) is 86.6 cm³/mol. The first-order valence-corrected chi connectivity index (χ1v) is 8.07. The van der Waals surface area contributed by atoms with Crippen LogP contribution in [0.15, 0.2) is 24.3 Å². The lowest BCUT2D eigenvalue weighted by Gasteiger charge is -2.20. The molecule has 0 bridgehead atoms. The van der Waals surface area contributed by atoms with Crippen LogP contribution in [0.3, 0.4) is 0 Å². The average molecular weight is 338 g/mol. The third kappa shape index (κ3) is 5.25. The Kier molecular flexibility index (Phi) is 6.40. The Morgan fingerprint density at radius 3 is 2.43 bits per heavy atom. The van der Waals surface area contributed by atoms with Gasteiger partial charge in [-0.2, -0.15) is 0 Å². The molecule has 2 rings (SSSR count). The van der Waals surface area contributed by atoms with Crippen LogP contribution in [0, 0.1) is 5.92 Å². The third-order valence-electron chi connectivity index (χ3n) is 3.83. The highest BCUT2D eigenvalue weighted by Gasteiger charge is 2.21. The van der Waals surface area contributed by atoms with E-state index in [1.165, 1.54) is 6.42 Å². The topological polar surface area (TPSA) is 87.3 Å². The Balaban J connectivity index is 1.71. The summed E-state index contributed by atoms with van der Waals surface area (Å²) in [6.07, 6.45) is 5.02. The van der Waals surface area contributed by atoms with Crippen LogP contribution in [-0.4, -0.2) is 24.3 Å². The molecule has 0 heterocycles. The molecule has 1 aliphatic rings. The fourth-order valence-corrected chi connectivity index (χ4v) is 2.78.